The highest BCUT2D eigenvalue weighted by Gasteiger charge is 2.47. The SMILES string of the molecule is C=S1(=O)NC(=O)c2ccc3c(c2)N(C[C@@H]2CC[C@H]2[C@@H](C2OCC(N(CC)CC)CO2)CCC[C@H](C)[C@H]1C)C[C@@]1(CCCc2cc(Cl)ccc21)CO3. The zero-order valence-electron chi connectivity index (χ0n) is 31.0. The predicted octanol–water partition coefficient (Wildman–Crippen LogP) is 7.11. The predicted molar refractivity (Wildman–Crippen MR) is 208 cm³/mol. The number of amides is 1. The number of carbonyl (C=O) groups excluding carboxylic acids is 1. The largest absolute Gasteiger partial charge is 0.490 e. The summed E-state index contributed by atoms with van der Waals surface area (Å²) in [7, 11) is -2.91. The number of fused-ring (bicyclic) bond motifs is 4. The van der Waals surface area contributed by atoms with Gasteiger partial charge in [0.25, 0.3) is 5.91 Å². The van der Waals surface area contributed by atoms with Crippen molar-refractivity contribution in [2.45, 2.75) is 102 Å². The van der Waals surface area contributed by atoms with Crippen LogP contribution in [0.5, 0.6) is 5.75 Å². The zero-order chi connectivity index (χ0) is 35.9. The highest BCUT2D eigenvalue weighted by atomic mass is 35.5. The summed E-state index contributed by atoms with van der Waals surface area (Å²) in [5.41, 5.74) is 3.83. The van der Waals surface area contributed by atoms with Gasteiger partial charge in [-0.15, -0.1) is 0 Å². The molecule has 2 aromatic carbocycles. The van der Waals surface area contributed by atoms with E-state index in [0.29, 0.717) is 37.2 Å². The van der Waals surface area contributed by atoms with Crippen LogP contribution in [0.2, 0.25) is 5.02 Å². The molecule has 1 saturated carbocycles. The molecule has 2 aromatic rings. The van der Waals surface area contributed by atoms with E-state index in [2.05, 4.69) is 53.3 Å². The topological polar surface area (TPSA) is 80.3 Å². The normalized spacial score (nSPS) is 35.9. The van der Waals surface area contributed by atoms with Gasteiger partial charge in [0.2, 0.25) is 0 Å². The van der Waals surface area contributed by atoms with E-state index in [9.17, 15) is 9.00 Å². The first-order valence-corrected chi connectivity index (χ1v) is 21.6. The molecule has 51 heavy (non-hydrogen) atoms. The maximum absolute atomic E-state index is 14.0. The molecule has 0 radical (unpaired) electrons. The minimum absolute atomic E-state index is 0.127. The molecule has 280 valence electrons. The molecule has 2 fully saturated rings. The second-order valence-corrected chi connectivity index (χ2v) is 19.0. The van der Waals surface area contributed by atoms with Crippen molar-refractivity contribution < 1.29 is 23.2 Å². The van der Waals surface area contributed by atoms with Crippen molar-refractivity contribution >= 4 is 38.8 Å². The average molecular weight is 740 g/mol. The molecule has 3 aliphatic heterocycles. The zero-order valence-corrected chi connectivity index (χ0v) is 32.6. The molecule has 7 rings (SSSR count). The van der Waals surface area contributed by atoms with Crippen LogP contribution in [0.1, 0.15) is 94.1 Å². The third-order valence-corrected chi connectivity index (χ3v) is 15.7. The van der Waals surface area contributed by atoms with Crippen LogP contribution >= 0.6 is 11.6 Å². The fourth-order valence-corrected chi connectivity index (χ4v) is 11.5. The van der Waals surface area contributed by atoms with E-state index in [4.69, 9.17) is 25.8 Å². The Balaban J connectivity index is 1.25. The van der Waals surface area contributed by atoms with Gasteiger partial charge in [-0.3, -0.25) is 14.4 Å². The van der Waals surface area contributed by atoms with Crippen LogP contribution in [0.15, 0.2) is 36.4 Å². The molecular formula is C41H58ClN3O5S. The van der Waals surface area contributed by atoms with Gasteiger partial charge in [0, 0.05) is 40.3 Å². The molecule has 10 heteroatoms. The van der Waals surface area contributed by atoms with Gasteiger partial charge in [-0.25, -0.2) is 4.21 Å². The Morgan fingerprint density at radius 2 is 1.80 bits per heavy atom. The van der Waals surface area contributed by atoms with Crippen LogP contribution < -0.4 is 14.4 Å². The Kier molecular flexibility index (Phi) is 11.0. The van der Waals surface area contributed by atoms with E-state index >= 15 is 0 Å². The molecule has 1 unspecified atom stereocenters. The van der Waals surface area contributed by atoms with Gasteiger partial charge in [0.15, 0.2) is 6.29 Å². The summed E-state index contributed by atoms with van der Waals surface area (Å²) < 4.78 is 36.8. The lowest BCUT2D eigenvalue weighted by atomic mass is 9.64. The van der Waals surface area contributed by atoms with Crippen LogP contribution in [0, 0.1) is 23.7 Å². The Bertz CT molecular complexity index is 1670. The van der Waals surface area contributed by atoms with Gasteiger partial charge < -0.3 is 19.1 Å². The molecule has 5 aliphatic rings. The minimum atomic E-state index is -2.91. The molecule has 1 spiro atoms. The molecule has 0 aromatic heterocycles. The molecule has 1 amide bonds. The Morgan fingerprint density at radius 1 is 1.02 bits per heavy atom. The number of carbonyl (C=O) groups is 1. The number of hydrogen-bond acceptors (Lipinski definition) is 7. The number of aryl methyl sites for hydroxylation is 1. The maximum Gasteiger partial charge on any atom is 0.262 e. The van der Waals surface area contributed by atoms with Crippen LogP contribution in [0.3, 0.4) is 0 Å². The summed E-state index contributed by atoms with van der Waals surface area (Å²) in [4.78, 5) is 18.7. The van der Waals surface area contributed by atoms with Crippen molar-refractivity contribution in [3.05, 3.63) is 58.1 Å². The first kappa shape index (κ1) is 37.0. The van der Waals surface area contributed by atoms with Gasteiger partial charge in [0.05, 0.1) is 41.3 Å². The summed E-state index contributed by atoms with van der Waals surface area (Å²) in [6.07, 6.45) is 8.07. The lowest BCUT2D eigenvalue weighted by Gasteiger charge is -2.49. The van der Waals surface area contributed by atoms with Crippen molar-refractivity contribution in [3.63, 3.8) is 0 Å². The Labute approximate surface area is 311 Å². The van der Waals surface area contributed by atoms with E-state index in [-0.39, 0.29) is 40.7 Å². The van der Waals surface area contributed by atoms with Crippen molar-refractivity contribution in [1.82, 2.24) is 9.62 Å². The van der Waals surface area contributed by atoms with E-state index < -0.39 is 9.71 Å². The van der Waals surface area contributed by atoms with E-state index in [1.54, 1.807) is 6.07 Å². The second kappa shape index (κ2) is 15.2. The minimum Gasteiger partial charge on any atom is -0.490 e. The van der Waals surface area contributed by atoms with Crippen molar-refractivity contribution in [2.24, 2.45) is 23.7 Å². The summed E-state index contributed by atoms with van der Waals surface area (Å²) in [6, 6.07) is 12.3. The highest BCUT2D eigenvalue weighted by Crippen LogP contribution is 2.49. The number of ether oxygens (including phenoxy) is 3. The molecular weight excluding hydrogens is 682 g/mol. The standard InChI is InChI=1S/C41H58ClN3O5S/c1-6-44(7-2)33-23-48-40(49-24-33)35-12-8-10-27(3)28(4)51(5,47)43-39(46)30-14-18-38-37(21-30)45(22-31-13-16-34(31)35)25-41(26-50-38)19-9-11-29-20-32(42)15-17-36(29)41/h14-15,17-18,20-21,27-28,31,33-35,40H,5-13,16,19,22-26H2,1-4H3,(H,43,46,47)/t27-,28+,31-,33?,34+,35-,40?,41-,51?/m0/s1. The quantitative estimate of drug-likeness (QED) is 0.335. The molecule has 7 atom stereocenters. The van der Waals surface area contributed by atoms with Crippen molar-refractivity contribution in [3.8, 4) is 5.75 Å². The van der Waals surface area contributed by atoms with Crippen LogP contribution in [-0.4, -0.2) is 84.5 Å². The van der Waals surface area contributed by atoms with Gasteiger partial charge >= 0.3 is 0 Å². The van der Waals surface area contributed by atoms with E-state index in [0.717, 1.165) is 94.0 Å². The van der Waals surface area contributed by atoms with E-state index in [1.807, 2.05) is 25.1 Å². The highest BCUT2D eigenvalue weighted by molar-refractivity contribution is 7.99. The third-order valence-electron chi connectivity index (χ3n) is 13.2. The van der Waals surface area contributed by atoms with Gasteiger partial charge in [-0.1, -0.05) is 44.9 Å². The average Bonchev–Trinajstić information content (AvgIpc) is 3.26. The lowest BCUT2D eigenvalue weighted by molar-refractivity contribution is -0.243. The third kappa shape index (κ3) is 7.44. The number of benzene rings is 2. The number of nitrogens with zero attached hydrogens (tertiary/aromatic N) is 2. The Hall–Kier alpha value is -2.30. The molecule has 3 heterocycles. The second-order valence-electron chi connectivity index (χ2n) is 16.1. The molecule has 1 N–H and O–H groups in total. The number of hydrogen-bond donors (Lipinski definition) is 1. The van der Waals surface area contributed by atoms with Crippen LogP contribution in [-0.2, 0) is 31.0 Å². The van der Waals surface area contributed by atoms with Crippen molar-refractivity contribution in [2.75, 3.05) is 50.9 Å². The fraction of sp³-hybridized carbons (Fsp3) is 0.659. The Morgan fingerprint density at radius 3 is 2.53 bits per heavy atom. The number of anilines is 1. The van der Waals surface area contributed by atoms with Crippen molar-refractivity contribution in [1.29, 1.82) is 0 Å². The smallest absolute Gasteiger partial charge is 0.262 e. The molecule has 2 aliphatic carbocycles. The van der Waals surface area contributed by atoms with Crippen LogP contribution in [0.25, 0.3) is 0 Å². The van der Waals surface area contributed by atoms with Crippen LogP contribution in [0.4, 0.5) is 5.69 Å². The number of rotatable bonds is 4. The number of likely N-dealkylation sites (N-methyl/N-ethyl adjacent to an activating group) is 1. The first-order valence-electron chi connectivity index (χ1n) is 19.5. The van der Waals surface area contributed by atoms with E-state index in [1.165, 1.54) is 11.1 Å². The summed E-state index contributed by atoms with van der Waals surface area (Å²) in [5, 5.41) is 0.496. The number of nitrogens with one attached hydrogen (secondary N) is 1. The molecule has 8 nitrogen and oxygen atoms in total. The molecule has 2 bridgehead atoms. The molecule has 1 saturated heterocycles. The monoisotopic (exact) mass is 739 g/mol. The van der Waals surface area contributed by atoms with Gasteiger partial charge in [-0.05, 0) is 130 Å². The van der Waals surface area contributed by atoms with Gasteiger partial charge in [0.1, 0.15) is 5.75 Å². The first-order chi connectivity index (χ1) is 24.5. The number of halogens is 1. The summed E-state index contributed by atoms with van der Waals surface area (Å²) in [5.74, 6) is 5.84. The van der Waals surface area contributed by atoms with Gasteiger partial charge in [-0.2, -0.15) is 0 Å². The summed E-state index contributed by atoms with van der Waals surface area (Å²) in [6.45, 7) is 14.1. The fourth-order valence-electron chi connectivity index (χ4n) is 9.78. The lowest BCUT2D eigenvalue weighted by Crippen LogP contribution is -2.53. The summed E-state index contributed by atoms with van der Waals surface area (Å²) >= 11 is 6.50. The maximum atomic E-state index is 14.0.